The molecule has 7 heteroatoms. The molecular formula is C19H15ClIN3O2. The molecule has 2 aromatic carbocycles. The van der Waals surface area contributed by atoms with Crippen LogP contribution in [0.1, 0.15) is 5.76 Å². The number of rotatable bonds is 6. The van der Waals surface area contributed by atoms with Crippen LogP contribution in [0.2, 0.25) is 5.02 Å². The number of benzene rings is 2. The summed E-state index contributed by atoms with van der Waals surface area (Å²) in [7, 11) is 0. The van der Waals surface area contributed by atoms with Crippen LogP contribution in [-0.4, -0.2) is 18.7 Å². The predicted octanol–water partition coefficient (Wildman–Crippen LogP) is 4.77. The average molecular weight is 480 g/mol. The Morgan fingerprint density at radius 3 is 2.54 bits per heavy atom. The first-order chi connectivity index (χ1) is 12.6. The lowest BCUT2D eigenvalue weighted by Gasteiger charge is -2.04. The van der Waals surface area contributed by atoms with Crippen LogP contribution in [0.5, 0.6) is 0 Å². The lowest BCUT2D eigenvalue weighted by atomic mass is 10.2. The summed E-state index contributed by atoms with van der Waals surface area (Å²) >= 11 is 8.10. The number of halogens is 2. The van der Waals surface area contributed by atoms with Crippen molar-refractivity contribution in [3.8, 4) is 11.3 Å². The number of anilines is 1. The fraction of sp³-hybridized carbons (Fsp3) is 0.0526. The molecule has 0 fully saturated rings. The quantitative estimate of drug-likeness (QED) is 0.304. The van der Waals surface area contributed by atoms with Crippen molar-refractivity contribution in [1.82, 2.24) is 5.43 Å². The van der Waals surface area contributed by atoms with E-state index in [9.17, 15) is 4.79 Å². The Kier molecular flexibility index (Phi) is 6.30. The van der Waals surface area contributed by atoms with Crippen molar-refractivity contribution in [2.24, 2.45) is 5.10 Å². The van der Waals surface area contributed by atoms with Crippen molar-refractivity contribution in [1.29, 1.82) is 0 Å². The molecule has 0 saturated carbocycles. The maximum absolute atomic E-state index is 11.8. The van der Waals surface area contributed by atoms with Crippen LogP contribution in [0.3, 0.4) is 0 Å². The molecule has 0 radical (unpaired) electrons. The minimum absolute atomic E-state index is 0.131. The van der Waals surface area contributed by atoms with Crippen LogP contribution >= 0.6 is 34.2 Å². The SMILES string of the molecule is O=C(CNc1ccc(I)cc1)N/N=C\c1ccc(-c2ccc(Cl)cc2)o1. The van der Waals surface area contributed by atoms with Gasteiger partial charge in [-0.15, -0.1) is 0 Å². The van der Waals surface area contributed by atoms with Gasteiger partial charge in [0.05, 0.1) is 12.8 Å². The summed E-state index contributed by atoms with van der Waals surface area (Å²) in [4.78, 5) is 11.8. The summed E-state index contributed by atoms with van der Waals surface area (Å²) in [6.07, 6.45) is 1.46. The topological polar surface area (TPSA) is 66.6 Å². The molecule has 0 bridgehead atoms. The molecule has 0 saturated heterocycles. The third kappa shape index (κ3) is 5.34. The van der Waals surface area contributed by atoms with Gasteiger partial charge in [-0.2, -0.15) is 5.10 Å². The Morgan fingerprint density at radius 2 is 1.81 bits per heavy atom. The summed E-state index contributed by atoms with van der Waals surface area (Å²) < 4.78 is 6.81. The smallest absolute Gasteiger partial charge is 0.259 e. The van der Waals surface area contributed by atoms with Crippen molar-refractivity contribution in [3.63, 3.8) is 0 Å². The number of furan rings is 1. The molecule has 0 atom stereocenters. The molecule has 26 heavy (non-hydrogen) atoms. The molecule has 0 aliphatic rings. The summed E-state index contributed by atoms with van der Waals surface area (Å²) in [6.45, 7) is 0.131. The summed E-state index contributed by atoms with van der Waals surface area (Å²) in [6, 6.07) is 18.7. The zero-order valence-electron chi connectivity index (χ0n) is 13.6. The summed E-state index contributed by atoms with van der Waals surface area (Å²) in [5.74, 6) is 1.000. The van der Waals surface area contributed by atoms with Crippen molar-refractivity contribution in [2.75, 3.05) is 11.9 Å². The highest BCUT2D eigenvalue weighted by Crippen LogP contribution is 2.23. The second-order valence-electron chi connectivity index (χ2n) is 5.36. The average Bonchev–Trinajstić information content (AvgIpc) is 3.11. The van der Waals surface area contributed by atoms with E-state index in [1.165, 1.54) is 6.21 Å². The van der Waals surface area contributed by atoms with E-state index in [1.54, 1.807) is 18.2 Å². The number of hydrazone groups is 1. The normalized spacial score (nSPS) is 10.8. The summed E-state index contributed by atoms with van der Waals surface area (Å²) in [5.41, 5.74) is 4.25. The minimum Gasteiger partial charge on any atom is -0.455 e. The molecule has 3 aromatic rings. The Labute approximate surface area is 169 Å². The molecule has 0 spiro atoms. The molecular weight excluding hydrogens is 465 g/mol. The van der Waals surface area contributed by atoms with Crippen molar-refractivity contribution in [2.45, 2.75) is 0 Å². The zero-order chi connectivity index (χ0) is 18.4. The highest BCUT2D eigenvalue weighted by Gasteiger charge is 2.04. The van der Waals surface area contributed by atoms with Gasteiger partial charge in [-0.3, -0.25) is 4.79 Å². The van der Waals surface area contributed by atoms with E-state index >= 15 is 0 Å². The van der Waals surface area contributed by atoms with Crippen LogP contribution in [-0.2, 0) is 4.79 Å². The highest BCUT2D eigenvalue weighted by atomic mass is 127. The molecule has 0 unspecified atom stereocenters. The van der Waals surface area contributed by atoms with E-state index in [2.05, 4.69) is 38.4 Å². The minimum atomic E-state index is -0.246. The first-order valence-corrected chi connectivity index (χ1v) is 9.23. The van der Waals surface area contributed by atoms with E-state index in [-0.39, 0.29) is 12.5 Å². The molecule has 0 aliphatic heterocycles. The van der Waals surface area contributed by atoms with E-state index in [1.807, 2.05) is 42.5 Å². The predicted molar refractivity (Wildman–Crippen MR) is 113 cm³/mol. The maximum Gasteiger partial charge on any atom is 0.259 e. The van der Waals surface area contributed by atoms with Crippen LogP contribution in [0.4, 0.5) is 5.69 Å². The molecule has 3 rings (SSSR count). The Morgan fingerprint density at radius 1 is 1.08 bits per heavy atom. The Hall–Kier alpha value is -2.32. The van der Waals surface area contributed by atoms with Gasteiger partial charge in [-0.1, -0.05) is 11.6 Å². The fourth-order valence-corrected chi connectivity index (χ4v) is 2.63. The van der Waals surface area contributed by atoms with Gasteiger partial charge in [0.2, 0.25) is 0 Å². The number of nitrogens with zero attached hydrogens (tertiary/aromatic N) is 1. The third-order valence-corrected chi connectivity index (χ3v) is 4.40. The van der Waals surface area contributed by atoms with Crippen molar-refractivity contribution >= 4 is 52.0 Å². The molecule has 2 N–H and O–H groups in total. The number of hydrogen-bond acceptors (Lipinski definition) is 4. The first kappa shape index (κ1) is 18.5. The second-order valence-corrected chi connectivity index (χ2v) is 7.04. The van der Waals surface area contributed by atoms with Gasteiger partial charge in [-0.25, -0.2) is 5.43 Å². The molecule has 1 heterocycles. The summed E-state index contributed by atoms with van der Waals surface area (Å²) in [5, 5.41) is 7.61. The Bertz CT molecular complexity index is 905. The van der Waals surface area contributed by atoms with Gasteiger partial charge in [-0.05, 0) is 83.3 Å². The first-order valence-electron chi connectivity index (χ1n) is 7.77. The largest absolute Gasteiger partial charge is 0.455 e. The van der Waals surface area contributed by atoms with E-state index < -0.39 is 0 Å². The van der Waals surface area contributed by atoms with Crippen molar-refractivity contribution < 1.29 is 9.21 Å². The molecule has 1 amide bonds. The molecule has 132 valence electrons. The number of amides is 1. The standard InChI is InChI=1S/C19H15ClIN3O2/c20-14-3-1-13(2-4-14)18-10-9-17(26-18)11-23-24-19(25)12-22-16-7-5-15(21)6-8-16/h1-11,22H,12H2,(H,24,25)/b23-11-. The van der Waals surface area contributed by atoms with E-state index in [0.717, 1.165) is 14.8 Å². The van der Waals surface area contributed by atoms with Gasteiger partial charge < -0.3 is 9.73 Å². The number of nitrogens with one attached hydrogen (secondary N) is 2. The highest BCUT2D eigenvalue weighted by molar-refractivity contribution is 14.1. The van der Waals surface area contributed by atoms with E-state index in [0.29, 0.717) is 16.5 Å². The van der Waals surface area contributed by atoms with Crippen LogP contribution in [0.25, 0.3) is 11.3 Å². The van der Waals surface area contributed by atoms with Gasteiger partial charge in [0.25, 0.3) is 5.91 Å². The fourth-order valence-electron chi connectivity index (χ4n) is 2.15. The van der Waals surface area contributed by atoms with Gasteiger partial charge >= 0.3 is 0 Å². The number of carbonyl (C=O) groups is 1. The van der Waals surface area contributed by atoms with Gasteiger partial charge in [0.1, 0.15) is 11.5 Å². The lowest BCUT2D eigenvalue weighted by molar-refractivity contribution is -0.119. The molecule has 0 aliphatic carbocycles. The van der Waals surface area contributed by atoms with Crippen LogP contribution in [0, 0.1) is 3.57 Å². The van der Waals surface area contributed by atoms with Gasteiger partial charge in [0.15, 0.2) is 0 Å². The van der Waals surface area contributed by atoms with Gasteiger partial charge in [0, 0.05) is 19.8 Å². The Balaban J connectivity index is 1.49. The number of carbonyl (C=O) groups excluding carboxylic acids is 1. The van der Waals surface area contributed by atoms with E-state index in [4.69, 9.17) is 16.0 Å². The van der Waals surface area contributed by atoms with Crippen molar-refractivity contribution in [3.05, 3.63) is 75.0 Å². The molecule has 5 nitrogen and oxygen atoms in total. The van der Waals surface area contributed by atoms with Crippen LogP contribution < -0.4 is 10.7 Å². The number of hydrogen-bond donors (Lipinski definition) is 2. The maximum atomic E-state index is 11.8. The lowest BCUT2D eigenvalue weighted by Crippen LogP contribution is -2.25. The third-order valence-electron chi connectivity index (χ3n) is 3.43. The molecule has 1 aromatic heterocycles. The van der Waals surface area contributed by atoms with Crippen LogP contribution in [0.15, 0.2) is 70.2 Å². The second kappa shape index (κ2) is 8.86. The monoisotopic (exact) mass is 479 g/mol. The zero-order valence-corrected chi connectivity index (χ0v) is 16.5.